The molecule has 1 aliphatic heterocycles. The highest BCUT2D eigenvalue weighted by atomic mass is 32.2. The minimum atomic E-state index is -3.70. The molecule has 0 aliphatic carbocycles. The van der Waals surface area contributed by atoms with Crippen LogP contribution in [0.2, 0.25) is 0 Å². The summed E-state index contributed by atoms with van der Waals surface area (Å²) in [5.41, 5.74) is 0.233. The fourth-order valence-electron chi connectivity index (χ4n) is 3.22. The number of sulfonamides is 1. The molecule has 1 saturated heterocycles. The quantitative estimate of drug-likeness (QED) is 0.677. The highest BCUT2D eigenvalue weighted by Crippen LogP contribution is 2.24. The van der Waals surface area contributed by atoms with E-state index in [-0.39, 0.29) is 17.1 Å². The number of rotatable bonds is 2. The molecule has 7 nitrogen and oxygen atoms in total. The van der Waals surface area contributed by atoms with Gasteiger partial charge in [-0.1, -0.05) is 0 Å². The molecule has 4 rings (SSSR count). The SMILES string of the molecule is C[C@H]1CN(S(=O)(=O)c2ccc3c(c2)c(=O)nc2sccn23)C[C@H](C)O1. The van der Waals surface area contributed by atoms with Crippen molar-refractivity contribution in [2.75, 3.05) is 13.1 Å². The Kier molecular flexibility index (Phi) is 3.91. The van der Waals surface area contributed by atoms with Gasteiger partial charge in [0.25, 0.3) is 5.56 Å². The van der Waals surface area contributed by atoms with Gasteiger partial charge in [-0.15, -0.1) is 11.3 Å². The molecule has 0 saturated carbocycles. The number of ether oxygens (including phenoxy) is 1. The first-order chi connectivity index (χ1) is 11.9. The highest BCUT2D eigenvalue weighted by molar-refractivity contribution is 7.89. The molecule has 0 bridgehead atoms. The van der Waals surface area contributed by atoms with Crippen LogP contribution >= 0.6 is 11.3 Å². The van der Waals surface area contributed by atoms with Crippen molar-refractivity contribution in [2.45, 2.75) is 31.0 Å². The maximum absolute atomic E-state index is 13.0. The van der Waals surface area contributed by atoms with Crippen molar-refractivity contribution in [3.63, 3.8) is 0 Å². The number of hydrogen-bond acceptors (Lipinski definition) is 6. The molecule has 2 aromatic heterocycles. The molecule has 9 heteroatoms. The molecular weight excluding hydrogens is 362 g/mol. The van der Waals surface area contributed by atoms with Crippen LogP contribution in [-0.4, -0.2) is 47.4 Å². The molecule has 25 heavy (non-hydrogen) atoms. The first-order valence-electron chi connectivity index (χ1n) is 7.91. The number of aromatic nitrogens is 2. The summed E-state index contributed by atoms with van der Waals surface area (Å²) in [7, 11) is -3.70. The number of benzene rings is 1. The van der Waals surface area contributed by atoms with Gasteiger partial charge >= 0.3 is 0 Å². The largest absolute Gasteiger partial charge is 0.373 e. The Morgan fingerprint density at radius 1 is 1.24 bits per heavy atom. The van der Waals surface area contributed by atoms with E-state index in [2.05, 4.69) is 4.98 Å². The number of hydrogen-bond donors (Lipinski definition) is 0. The summed E-state index contributed by atoms with van der Waals surface area (Å²) in [6.45, 7) is 4.29. The highest BCUT2D eigenvalue weighted by Gasteiger charge is 2.32. The summed E-state index contributed by atoms with van der Waals surface area (Å²) in [5.74, 6) is 0. The average Bonchev–Trinajstić information content (AvgIpc) is 3.02. The molecule has 1 aliphatic rings. The molecule has 1 aromatic carbocycles. The van der Waals surface area contributed by atoms with Crippen LogP contribution in [0.3, 0.4) is 0 Å². The van der Waals surface area contributed by atoms with Crippen molar-refractivity contribution in [3.05, 3.63) is 40.1 Å². The van der Waals surface area contributed by atoms with Crippen LogP contribution in [0.1, 0.15) is 13.8 Å². The molecule has 0 spiro atoms. The Balaban J connectivity index is 1.85. The predicted molar refractivity (Wildman–Crippen MR) is 95.6 cm³/mol. The maximum Gasteiger partial charge on any atom is 0.281 e. The second kappa shape index (κ2) is 5.87. The van der Waals surface area contributed by atoms with Gasteiger partial charge in [-0.3, -0.25) is 9.20 Å². The molecule has 132 valence electrons. The minimum absolute atomic E-state index is 0.107. The number of nitrogens with zero attached hydrogens (tertiary/aromatic N) is 3. The van der Waals surface area contributed by atoms with E-state index in [0.29, 0.717) is 29.0 Å². The topological polar surface area (TPSA) is 81.0 Å². The first-order valence-corrected chi connectivity index (χ1v) is 10.2. The van der Waals surface area contributed by atoms with E-state index in [4.69, 9.17) is 4.74 Å². The standard InChI is InChI=1S/C16H17N3O4S2/c1-10-8-18(9-11(2)23-10)25(21,22)12-3-4-14-13(7-12)15(20)17-16-19(14)5-6-24-16/h3-7,10-11H,8-9H2,1-2H3/t10-,11-/m0/s1. The lowest BCUT2D eigenvalue weighted by molar-refractivity contribution is -0.0440. The Bertz CT molecular complexity index is 1110. The van der Waals surface area contributed by atoms with E-state index in [1.165, 1.54) is 21.7 Å². The Labute approximate surface area is 148 Å². The van der Waals surface area contributed by atoms with Gasteiger partial charge in [0.05, 0.1) is 28.0 Å². The molecule has 0 N–H and O–H groups in total. The smallest absolute Gasteiger partial charge is 0.281 e. The van der Waals surface area contributed by atoms with Gasteiger partial charge in [0.1, 0.15) is 0 Å². The van der Waals surface area contributed by atoms with Crippen LogP contribution < -0.4 is 5.56 Å². The summed E-state index contributed by atoms with van der Waals surface area (Å²) in [6, 6.07) is 4.64. The van der Waals surface area contributed by atoms with Gasteiger partial charge in [-0.25, -0.2) is 8.42 Å². The molecule has 3 heterocycles. The number of thiazole rings is 1. The van der Waals surface area contributed by atoms with Crippen molar-refractivity contribution >= 4 is 37.2 Å². The second-order valence-electron chi connectivity index (χ2n) is 6.23. The Morgan fingerprint density at radius 3 is 2.68 bits per heavy atom. The van der Waals surface area contributed by atoms with Crippen LogP contribution in [-0.2, 0) is 14.8 Å². The van der Waals surface area contributed by atoms with Gasteiger partial charge in [0.2, 0.25) is 10.0 Å². The molecule has 0 unspecified atom stereocenters. The Hall–Kier alpha value is -1.81. The van der Waals surface area contributed by atoms with Crippen molar-refractivity contribution in [2.24, 2.45) is 0 Å². The second-order valence-corrected chi connectivity index (χ2v) is 9.04. The van der Waals surface area contributed by atoms with Crippen LogP contribution in [0.25, 0.3) is 15.9 Å². The van der Waals surface area contributed by atoms with Gasteiger partial charge in [0.15, 0.2) is 4.96 Å². The molecule has 0 amide bonds. The molecular formula is C16H17N3O4S2. The van der Waals surface area contributed by atoms with Gasteiger partial charge in [0, 0.05) is 24.7 Å². The van der Waals surface area contributed by atoms with Crippen LogP contribution in [0, 0.1) is 0 Å². The average molecular weight is 379 g/mol. The van der Waals surface area contributed by atoms with Crippen LogP contribution in [0.15, 0.2) is 39.5 Å². The number of morpholine rings is 1. The lowest BCUT2D eigenvalue weighted by Gasteiger charge is -2.34. The summed E-state index contributed by atoms with van der Waals surface area (Å²) in [6.07, 6.45) is 1.47. The van der Waals surface area contributed by atoms with Crippen molar-refractivity contribution < 1.29 is 13.2 Å². The van der Waals surface area contributed by atoms with Crippen molar-refractivity contribution in [1.29, 1.82) is 0 Å². The summed E-state index contributed by atoms with van der Waals surface area (Å²) >= 11 is 1.36. The van der Waals surface area contributed by atoms with E-state index in [9.17, 15) is 13.2 Å². The first kappa shape index (κ1) is 16.6. The van der Waals surface area contributed by atoms with Crippen molar-refractivity contribution in [3.8, 4) is 0 Å². The zero-order valence-corrected chi connectivity index (χ0v) is 15.4. The minimum Gasteiger partial charge on any atom is -0.373 e. The lowest BCUT2D eigenvalue weighted by atomic mass is 10.2. The molecule has 3 aromatic rings. The lowest BCUT2D eigenvalue weighted by Crippen LogP contribution is -2.48. The molecule has 1 fully saturated rings. The third-order valence-corrected chi connectivity index (χ3v) is 6.85. The van der Waals surface area contributed by atoms with E-state index in [1.807, 2.05) is 25.4 Å². The molecule has 0 radical (unpaired) electrons. The normalized spacial score (nSPS) is 22.6. The van der Waals surface area contributed by atoms with E-state index < -0.39 is 15.6 Å². The summed E-state index contributed by atoms with van der Waals surface area (Å²) in [5, 5.41) is 2.13. The fourth-order valence-corrected chi connectivity index (χ4v) is 5.55. The van der Waals surface area contributed by atoms with E-state index in [1.54, 1.807) is 16.5 Å². The fraction of sp³-hybridized carbons (Fsp3) is 0.375. The van der Waals surface area contributed by atoms with Crippen LogP contribution in [0.4, 0.5) is 0 Å². The van der Waals surface area contributed by atoms with E-state index >= 15 is 0 Å². The zero-order chi connectivity index (χ0) is 17.8. The summed E-state index contributed by atoms with van der Waals surface area (Å²) < 4.78 is 34.8. The van der Waals surface area contributed by atoms with Gasteiger partial charge in [-0.2, -0.15) is 9.29 Å². The van der Waals surface area contributed by atoms with Crippen molar-refractivity contribution in [1.82, 2.24) is 13.7 Å². The van der Waals surface area contributed by atoms with Gasteiger partial charge in [-0.05, 0) is 32.0 Å². The number of fused-ring (bicyclic) bond motifs is 3. The Morgan fingerprint density at radius 2 is 1.96 bits per heavy atom. The third kappa shape index (κ3) is 2.77. The van der Waals surface area contributed by atoms with E-state index in [0.717, 1.165) is 0 Å². The third-order valence-electron chi connectivity index (χ3n) is 4.27. The predicted octanol–water partition coefficient (Wildman–Crippen LogP) is 1.71. The maximum atomic E-state index is 13.0. The zero-order valence-electron chi connectivity index (χ0n) is 13.7. The van der Waals surface area contributed by atoms with Crippen LogP contribution in [0.5, 0.6) is 0 Å². The van der Waals surface area contributed by atoms with Gasteiger partial charge < -0.3 is 4.74 Å². The summed E-state index contributed by atoms with van der Waals surface area (Å²) in [4.78, 5) is 17.0. The molecule has 2 atom stereocenters. The monoisotopic (exact) mass is 379 g/mol.